The molecule has 46 heavy (non-hydrogen) atoms. The maximum absolute atomic E-state index is 3.06. The summed E-state index contributed by atoms with van der Waals surface area (Å²) in [4.78, 5) is 0. The molecule has 0 unspecified atom stereocenters. The maximum atomic E-state index is 3.06. The van der Waals surface area contributed by atoms with Crippen molar-refractivity contribution in [1.29, 1.82) is 0 Å². The molecule has 0 aromatic heterocycles. The summed E-state index contributed by atoms with van der Waals surface area (Å²) in [5.41, 5.74) is 15.3. The summed E-state index contributed by atoms with van der Waals surface area (Å²) in [5, 5.41) is 5.49. The van der Waals surface area contributed by atoms with Crippen molar-refractivity contribution < 1.29 is 23.3 Å². The molecule has 0 nitrogen and oxygen atoms in total. The van der Waals surface area contributed by atoms with Crippen LogP contribution in [0.1, 0.15) is 79.5 Å². The molecule has 240 valence electrons. The van der Waals surface area contributed by atoms with Crippen molar-refractivity contribution in [3.63, 3.8) is 0 Å². The van der Waals surface area contributed by atoms with Gasteiger partial charge in [0.15, 0.2) is 0 Å². The average Bonchev–Trinajstić information content (AvgIpc) is 3.62. The van der Waals surface area contributed by atoms with Gasteiger partial charge in [-0.25, -0.2) is 0 Å². The molecule has 6 rings (SSSR count). The van der Waals surface area contributed by atoms with E-state index in [0.29, 0.717) is 5.92 Å². The van der Waals surface area contributed by atoms with Crippen molar-refractivity contribution >= 4 is 28.4 Å². The van der Waals surface area contributed by atoms with E-state index in [1.54, 1.807) is 0 Å². The molecule has 0 heterocycles. The van der Waals surface area contributed by atoms with E-state index in [4.69, 9.17) is 0 Å². The van der Waals surface area contributed by atoms with Gasteiger partial charge in [0, 0.05) is 0 Å². The van der Waals surface area contributed by atoms with Crippen LogP contribution in [0.3, 0.4) is 0 Å². The molecule has 0 aliphatic rings. The number of hydrogen-bond donors (Lipinski definition) is 0. The Kier molecular flexibility index (Phi) is 14.0. The second-order valence-corrected chi connectivity index (χ2v) is 13.5. The molecule has 2 radical (unpaired) electrons. The van der Waals surface area contributed by atoms with Crippen LogP contribution in [-0.4, -0.2) is 6.88 Å². The van der Waals surface area contributed by atoms with E-state index in [2.05, 4.69) is 167 Å². The fraction of sp³-hybridized carbons (Fsp3) is 0.273. The first kappa shape index (κ1) is 39.4. The van der Waals surface area contributed by atoms with Crippen molar-refractivity contribution in [2.24, 2.45) is 0 Å². The molecule has 0 saturated heterocycles. The summed E-state index contributed by atoms with van der Waals surface area (Å²) < 4.78 is 0. The summed E-state index contributed by atoms with van der Waals surface area (Å²) in [7, 11) is 0. The van der Waals surface area contributed by atoms with Crippen LogP contribution in [-0.2, 0) is 28.8 Å². The SMILES string of the molecule is CC(C)c1cc2c(-c3ccc(C(C)(C)C)cc3)cccc2[cH-]1.Cc1cc2c(-c3ccc(C)c(C)c3C)ccc(C)c2[cH-]1.[CH3-].[CH3-].[Si]=[Zr]. The van der Waals surface area contributed by atoms with Gasteiger partial charge in [0.25, 0.3) is 0 Å². The Hall–Kier alpha value is -2.80. The van der Waals surface area contributed by atoms with Crippen LogP contribution in [0.4, 0.5) is 0 Å². The normalized spacial score (nSPS) is 10.8. The third-order valence-electron chi connectivity index (χ3n) is 9.10. The molecule has 0 aliphatic heterocycles. The predicted octanol–water partition coefficient (Wildman–Crippen LogP) is 12.9. The fourth-order valence-corrected chi connectivity index (χ4v) is 6.06. The molecule has 0 spiro atoms. The zero-order valence-electron chi connectivity index (χ0n) is 30.2. The van der Waals surface area contributed by atoms with Crippen LogP contribution < -0.4 is 0 Å². The summed E-state index contributed by atoms with van der Waals surface area (Å²) in [6.45, 7) is 25.4. The van der Waals surface area contributed by atoms with Gasteiger partial charge in [-0.05, 0) is 65.5 Å². The molecule has 0 saturated carbocycles. The topological polar surface area (TPSA) is 0 Å². The van der Waals surface area contributed by atoms with E-state index in [1.165, 1.54) is 106 Å². The fourth-order valence-electron chi connectivity index (χ4n) is 6.06. The van der Waals surface area contributed by atoms with Gasteiger partial charge in [-0.2, -0.15) is 12.1 Å². The standard InChI is InChI=1S/C22H25.C20H21.2CH3.Si.Zr/c1-15(2)18-13-17-7-6-8-20(21(17)14-18)16-9-11-19(12-10-16)22(3,4)5;1-12-10-19-14(3)7-9-18(20(19)11-12)17-8-6-13(2)15(4)16(17)5;;;;/h6-15H,1-5H3;6-11H,1-5H3;2*1H3;;/q4*-1;;. The van der Waals surface area contributed by atoms with Gasteiger partial charge in [0.2, 0.25) is 0 Å². The first-order chi connectivity index (χ1) is 20.8. The summed E-state index contributed by atoms with van der Waals surface area (Å²) in [6, 6.07) is 34.0. The van der Waals surface area contributed by atoms with Crippen LogP contribution in [0.15, 0.2) is 91.0 Å². The number of benzene rings is 4. The third kappa shape index (κ3) is 8.37. The zero-order valence-corrected chi connectivity index (χ0v) is 33.7. The second-order valence-electron chi connectivity index (χ2n) is 13.5. The van der Waals surface area contributed by atoms with Crippen molar-refractivity contribution in [2.75, 3.05) is 0 Å². The van der Waals surface area contributed by atoms with Gasteiger partial charge in [0.05, 0.1) is 0 Å². The first-order valence-corrected chi connectivity index (χ1v) is 19.8. The number of aryl methyl sites for hydroxylation is 3. The summed E-state index contributed by atoms with van der Waals surface area (Å²) in [5.74, 6) is 0.573. The van der Waals surface area contributed by atoms with Crippen molar-refractivity contribution in [3.05, 3.63) is 145 Å². The Labute approximate surface area is 297 Å². The van der Waals surface area contributed by atoms with Gasteiger partial charge in [-0.1, -0.05) is 108 Å². The van der Waals surface area contributed by atoms with Gasteiger partial charge < -0.3 is 14.9 Å². The minimum absolute atomic E-state index is 0. The molecule has 0 atom stereocenters. The molecule has 0 fully saturated rings. The molecule has 0 N–H and O–H groups in total. The van der Waals surface area contributed by atoms with E-state index >= 15 is 0 Å². The number of rotatable bonds is 3. The zero-order chi connectivity index (χ0) is 32.3. The molecule has 6 aromatic rings. The Morgan fingerprint density at radius 3 is 1.85 bits per heavy atom. The summed E-state index contributed by atoms with van der Waals surface area (Å²) in [6.07, 6.45) is 0. The van der Waals surface area contributed by atoms with Crippen molar-refractivity contribution in [3.8, 4) is 22.3 Å². The second kappa shape index (κ2) is 16.3. The molecular formula is C44H52SiZr-4. The van der Waals surface area contributed by atoms with Gasteiger partial charge in [-0.3, -0.25) is 0 Å². The van der Waals surface area contributed by atoms with E-state index in [9.17, 15) is 0 Å². The first-order valence-electron chi connectivity index (χ1n) is 15.6. The van der Waals surface area contributed by atoms with Crippen LogP contribution in [0, 0.1) is 49.5 Å². The van der Waals surface area contributed by atoms with E-state index in [0.717, 1.165) is 0 Å². The number of fused-ring (bicyclic) bond motifs is 2. The third-order valence-corrected chi connectivity index (χ3v) is 9.10. The van der Waals surface area contributed by atoms with E-state index in [1.807, 2.05) is 0 Å². The average molecular weight is 700 g/mol. The van der Waals surface area contributed by atoms with Gasteiger partial charge in [0.1, 0.15) is 0 Å². The minimum atomic E-state index is 0. The van der Waals surface area contributed by atoms with Gasteiger partial charge in [-0.15, -0.1) is 68.6 Å². The molecule has 0 bridgehead atoms. The molecule has 0 aliphatic carbocycles. The van der Waals surface area contributed by atoms with E-state index < -0.39 is 0 Å². The molecule has 0 amide bonds. The van der Waals surface area contributed by atoms with Crippen LogP contribution in [0.2, 0.25) is 0 Å². The Bertz CT molecular complexity index is 1890. The van der Waals surface area contributed by atoms with Crippen LogP contribution >= 0.6 is 0 Å². The predicted molar refractivity (Wildman–Crippen MR) is 205 cm³/mol. The quantitative estimate of drug-likeness (QED) is 0.127. The Balaban J connectivity index is 0.000000293. The van der Waals surface area contributed by atoms with E-state index in [-0.39, 0.29) is 20.3 Å². The monoisotopic (exact) mass is 698 g/mol. The molecular weight excluding hydrogens is 648 g/mol. The van der Waals surface area contributed by atoms with Crippen LogP contribution in [0.25, 0.3) is 43.8 Å². The number of hydrogen-bond acceptors (Lipinski definition) is 0. The Morgan fingerprint density at radius 1 is 0.630 bits per heavy atom. The van der Waals surface area contributed by atoms with Gasteiger partial charge >= 0.3 is 30.2 Å². The Morgan fingerprint density at radius 2 is 1.24 bits per heavy atom. The van der Waals surface area contributed by atoms with Crippen molar-refractivity contribution in [2.45, 2.75) is 80.6 Å². The summed E-state index contributed by atoms with van der Waals surface area (Å²) >= 11 is 1.36. The van der Waals surface area contributed by atoms with Crippen LogP contribution in [0.5, 0.6) is 0 Å². The molecule has 2 heteroatoms. The van der Waals surface area contributed by atoms with Crippen molar-refractivity contribution in [1.82, 2.24) is 0 Å². The molecule has 6 aromatic carbocycles.